The van der Waals surface area contributed by atoms with Gasteiger partial charge in [0.25, 0.3) is 0 Å². The highest BCUT2D eigenvalue weighted by Crippen LogP contribution is 2.29. The Morgan fingerprint density at radius 1 is 0.220 bits per heavy atom. The molecule has 0 fully saturated rings. The van der Waals surface area contributed by atoms with Gasteiger partial charge in [0.2, 0.25) is 17.7 Å². The van der Waals surface area contributed by atoms with Crippen molar-refractivity contribution in [2.75, 3.05) is 86.1 Å². The molecule has 17 heteroatoms. The van der Waals surface area contributed by atoms with E-state index in [2.05, 4.69) is 57.6 Å². The molecule has 0 aromatic heterocycles. The Hall–Kier alpha value is -1.77. The van der Waals surface area contributed by atoms with Crippen molar-refractivity contribution in [3.8, 4) is 0 Å². The third-order valence-electron chi connectivity index (χ3n) is 27.0. The molecule has 9 N–H and O–H groups in total. The highest BCUT2D eigenvalue weighted by atomic mass is 28.4. The minimum absolute atomic E-state index is 0.138. The number of nitrogens with one attached hydrogen (secondary N) is 3. The van der Waals surface area contributed by atoms with Crippen molar-refractivity contribution in [3.05, 3.63) is 0 Å². The van der Waals surface area contributed by atoms with Gasteiger partial charge in [0.1, 0.15) is 16.6 Å². The van der Waals surface area contributed by atoms with E-state index in [-0.39, 0.29) is 43.0 Å². The van der Waals surface area contributed by atoms with E-state index in [1.54, 1.807) is 0 Å². The van der Waals surface area contributed by atoms with Crippen LogP contribution in [0.3, 0.4) is 0 Å². The van der Waals surface area contributed by atoms with Crippen molar-refractivity contribution in [2.45, 2.75) is 577 Å². The number of nitrogens with zero attached hydrogens (tertiary/aromatic N) is 1. The molecule has 734 valence electrons. The van der Waals surface area contributed by atoms with Crippen molar-refractivity contribution >= 4 is 26.5 Å². The molecule has 0 aliphatic carbocycles. The SMILES string of the molecule is CCCCCCCCCCCCCCCCCC[N+](C)(CCCCCCCCCCCCCCCCCC)CCC[Si](OCC(CO)(CO)NC(=O)CCCCCCCCCCCCCCCCC)(OCC(CO)(CO)NC(=O)CCCCCCCCCCCCCCCCC)OCC(CO)(CO)NC(=O)CCCCCCCCCCCCCCCCC. The molecule has 0 unspecified atom stereocenters. The number of rotatable bonds is 104. The Morgan fingerprint density at radius 3 is 0.512 bits per heavy atom. The van der Waals surface area contributed by atoms with Crippen molar-refractivity contribution < 1.29 is 62.8 Å². The number of hydrogen-bond acceptors (Lipinski definition) is 12. The van der Waals surface area contributed by atoms with Gasteiger partial charge in [-0.25, -0.2) is 0 Å². The average Bonchev–Trinajstić information content (AvgIpc) is 0.808. The van der Waals surface area contributed by atoms with E-state index < -0.39 is 84.9 Å². The summed E-state index contributed by atoms with van der Waals surface area (Å²) in [6.07, 6.45) is 96.6. The summed E-state index contributed by atoms with van der Waals surface area (Å²) in [5.41, 5.74) is -5.12. The van der Waals surface area contributed by atoms with Crippen LogP contribution in [0.15, 0.2) is 0 Å². The molecule has 0 rings (SSSR count). The highest BCUT2D eigenvalue weighted by Gasteiger charge is 2.49. The summed E-state index contributed by atoms with van der Waals surface area (Å²) in [6.45, 7) is 8.51. The van der Waals surface area contributed by atoms with Crippen LogP contribution < -0.4 is 16.0 Å². The van der Waals surface area contributed by atoms with Crippen LogP contribution in [0.1, 0.15) is 555 Å². The van der Waals surface area contributed by atoms with Gasteiger partial charge in [0, 0.05) is 31.7 Å². The molecule has 0 aromatic rings. The molecular weight excluding hydrogens is 1550 g/mol. The van der Waals surface area contributed by atoms with Crippen LogP contribution in [0.4, 0.5) is 0 Å². The monoisotopic (exact) mass is 1760 g/mol. The van der Waals surface area contributed by atoms with Crippen LogP contribution in [0.5, 0.6) is 0 Å². The van der Waals surface area contributed by atoms with E-state index in [1.807, 2.05) is 0 Å². The molecule has 0 saturated heterocycles. The zero-order valence-electron chi connectivity index (χ0n) is 83.0. The number of carbonyl (C=O) groups excluding carboxylic acids is 3. The second kappa shape index (κ2) is 90.8. The number of quaternary nitrogens is 1. The number of carbonyl (C=O) groups is 3. The zero-order chi connectivity index (χ0) is 89.9. The fourth-order valence-electron chi connectivity index (χ4n) is 18.0. The number of hydrogen-bond donors (Lipinski definition) is 9. The second-order valence-electron chi connectivity index (χ2n) is 39.6. The first-order valence-electron chi connectivity index (χ1n) is 54.5. The Morgan fingerprint density at radius 2 is 0.358 bits per heavy atom. The van der Waals surface area contributed by atoms with Gasteiger partial charge in [0.15, 0.2) is 0 Å². The molecule has 0 radical (unpaired) electrons. The Bertz CT molecular complexity index is 1990. The number of amides is 3. The summed E-state index contributed by atoms with van der Waals surface area (Å²) in [4.78, 5) is 42.4. The molecule has 0 aliphatic rings. The molecule has 3 amide bonds. The lowest BCUT2D eigenvalue weighted by Crippen LogP contribution is -2.65. The molecule has 16 nitrogen and oxygen atoms in total. The Kier molecular flexibility index (Phi) is 89.4. The van der Waals surface area contributed by atoms with Crippen LogP contribution in [-0.4, -0.2) is 164 Å². The molecule has 0 aromatic carbocycles. The minimum atomic E-state index is -4.45. The summed E-state index contributed by atoms with van der Waals surface area (Å²) in [6, 6.07) is 0.138. The van der Waals surface area contributed by atoms with Crippen LogP contribution in [0, 0.1) is 0 Å². The lowest BCUT2D eigenvalue weighted by Gasteiger charge is -2.41. The number of unbranched alkanes of at least 4 members (excludes halogenated alkanes) is 72. The van der Waals surface area contributed by atoms with E-state index in [1.165, 1.54) is 392 Å². The van der Waals surface area contributed by atoms with Crippen molar-refractivity contribution in [1.82, 2.24) is 16.0 Å². The molecule has 0 bridgehead atoms. The van der Waals surface area contributed by atoms with E-state index in [0.717, 1.165) is 101 Å². The van der Waals surface area contributed by atoms with E-state index in [0.29, 0.717) is 32.2 Å². The van der Waals surface area contributed by atoms with Gasteiger partial charge in [-0.15, -0.1) is 0 Å². The highest BCUT2D eigenvalue weighted by molar-refractivity contribution is 6.60. The Labute approximate surface area is 764 Å². The second-order valence-corrected chi connectivity index (χ2v) is 42.3. The van der Waals surface area contributed by atoms with E-state index in [9.17, 15) is 45.0 Å². The lowest BCUT2D eigenvalue weighted by atomic mass is 10.0. The summed E-state index contributed by atoms with van der Waals surface area (Å²) in [5, 5.41) is 77.4. The summed E-state index contributed by atoms with van der Waals surface area (Å²) in [5.74, 6) is -1.02. The predicted molar refractivity (Wildman–Crippen MR) is 527 cm³/mol. The van der Waals surface area contributed by atoms with Gasteiger partial charge in [-0.3, -0.25) is 14.4 Å². The molecule has 0 atom stereocenters. The van der Waals surface area contributed by atoms with Crippen molar-refractivity contribution in [1.29, 1.82) is 0 Å². The van der Waals surface area contributed by atoms with Crippen LogP contribution >= 0.6 is 0 Å². The smallest absolute Gasteiger partial charge is 0.394 e. The van der Waals surface area contributed by atoms with E-state index in [4.69, 9.17) is 13.3 Å². The third-order valence-corrected chi connectivity index (χ3v) is 29.8. The van der Waals surface area contributed by atoms with Gasteiger partial charge in [-0.2, -0.15) is 0 Å². The normalized spacial score (nSPS) is 12.4. The van der Waals surface area contributed by atoms with E-state index >= 15 is 0 Å². The fraction of sp³-hybridized carbons (Fsp3) is 0.972. The van der Waals surface area contributed by atoms with Gasteiger partial charge in [-0.1, -0.05) is 484 Å². The third kappa shape index (κ3) is 75.5. The van der Waals surface area contributed by atoms with Gasteiger partial charge < -0.3 is 64.4 Å². The standard InChI is InChI=1S/C106H214N4O12Si/c1-7-12-17-22-27-32-37-42-47-52-57-62-67-72-77-82-88-110(6,89-83-78-73-68-63-58-53-48-43-38-33-28-23-18-13-8-2)90-84-91-123(120-98-104(92-111,93-112)107-101(117)85-79-74-69-64-59-54-49-44-39-34-29-24-19-14-9-3,121-99-105(94-113,95-114)108-102(118)86-80-75-70-65-60-55-50-45-40-35-30-25-20-15-10-4)122-100-106(96-115,97-116)109-103(119)87-81-76-71-66-61-56-51-46-41-36-31-26-21-16-11-5/h111-116H,7-100H2,1-6H3,(H2-,107,108,109,117,118,119)/p+1. The molecule has 123 heavy (non-hydrogen) atoms. The molecule has 0 aliphatic heterocycles. The Balaban J connectivity index is 7.21. The number of aliphatic hydroxyl groups is 6. The average molecular weight is 1770 g/mol. The predicted octanol–water partition coefficient (Wildman–Crippen LogP) is 27.6. The summed E-state index contributed by atoms with van der Waals surface area (Å²) in [7, 11) is -2.08. The molecule has 0 heterocycles. The minimum Gasteiger partial charge on any atom is -0.394 e. The van der Waals surface area contributed by atoms with Gasteiger partial charge in [-0.05, 0) is 44.9 Å². The van der Waals surface area contributed by atoms with Crippen LogP contribution in [0.2, 0.25) is 6.04 Å². The lowest BCUT2D eigenvalue weighted by molar-refractivity contribution is -0.910. The summed E-state index contributed by atoms with van der Waals surface area (Å²) < 4.78 is 22.1. The van der Waals surface area contributed by atoms with Gasteiger partial charge in [0.05, 0.1) is 86.1 Å². The molecular formula is C106H215N4O12Si+. The molecule has 0 spiro atoms. The topological polar surface area (TPSA) is 236 Å². The first-order valence-corrected chi connectivity index (χ1v) is 56.4. The largest absolute Gasteiger partial charge is 0.501 e. The zero-order valence-corrected chi connectivity index (χ0v) is 84.0. The number of aliphatic hydroxyl groups excluding tert-OH is 6. The van der Waals surface area contributed by atoms with Crippen LogP contribution in [-0.2, 0) is 27.7 Å². The maximum absolute atomic E-state index is 14.1. The van der Waals surface area contributed by atoms with Crippen molar-refractivity contribution in [2.24, 2.45) is 0 Å². The fourth-order valence-corrected chi connectivity index (χ4v) is 20.8. The first kappa shape index (κ1) is 121. The summed E-state index contributed by atoms with van der Waals surface area (Å²) >= 11 is 0. The maximum Gasteiger partial charge on any atom is 0.501 e. The first-order chi connectivity index (χ1) is 60.2. The quantitative estimate of drug-likeness (QED) is 0.0157. The van der Waals surface area contributed by atoms with Crippen molar-refractivity contribution in [3.63, 3.8) is 0 Å². The van der Waals surface area contributed by atoms with Crippen LogP contribution in [0.25, 0.3) is 0 Å². The molecule has 0 saturated carbocycles. The maximum atomic E-state index is 14.1. The van der Waals surface area contributed by atoms with Gasteiger partial charge >= 0.3 is 8.80 Å².